The van der Waals surface area contributed by atoms with Crippen molar-refractivity contribution in [3.63, 3.8) is 0 Å². The molecule has 5 nitrogen and oxygen atoms in total. The molecule has 0 aliphatic heterocycles. The number of rotatable bonds is 3. The van der Waals surface area contributed by atoms with Gasteiger partial charge in [0.2, 0.25) is 0 Å². The fraction of sp³-hybridized carbons (Fsp3) is 0.182. The topological polar surface area (TPSA) is 59.8 Å². The Balaban J connectivity index is 1.94. The lowest BCUT2D eigenvalue weighted by atomic mass is 10.2. The van der Waals surface area contributed by atoms with Crippen LogP contribution >= 0.6 is 0 Å². The highest BCUT2D eigenvalue weighted by Crippen LogP contribution is 1.99. The smallest absolute Gasteiger partial charge is 0.251 e. The number of hydrogen-bond donors (Lipinski definition) is 1. The number of carbonyl (C=O) groups is 1. The van der Waals surface area contributed by atoms with Gasteiger partial charge in [-0.05, 0) is 12.1 Å². The number of nitrogens with one attached hydrogen (secondary N) is 1. The summed E-state index contributed by atoms with van der Waals surface area (Å²) in [4.78, 5) is 15.5. The zero-order valence-corrected chi connectivity index (χ0v) is 8.92. The summed E-state index contributed by atoms with van der Waals surface area (Å²) in [6, 6.07) is 3.36. The highest BCUT2D eigenvalue weighted by atomic mass is 16.1. The molecule has 2 aromatic heterocycles. The summed E-state index contributed by atoms with van der Waals surface area (Å²) in [5, 5.41) is 6.83. The summed E-state index contributed by atoms with van der Waals surface area (Å²) >= 11 is 0. The molecule has 0 fully saturated rings. The highest BCUT2D eigenvalue weighted by molar-refractivity contribution is 5.93. The first kappa shape index (κ1) is 10.4. The molecule has 0 unspecified atom stereocenters. The van der Waals surface area contributed by atoms with Crippen LogP contribution in [0.5, 0.6) is 0 Å². The minimum atomic E-state index is -0.105. The molecule has 0 aliphatic carbocycles. The fourth-order valence-corrected chi connectivity index (χ4v) is 1.35. The van der Waals surface area contributed by atoms with Gasteiger partial charge in [-0.1, -0.05) is 0 Å². The summed E-state index contributed by atoms with van der Waals surface area (Å²) in [5.74, 6) is -0.105. The van der Waals surface area contributed by atoms with E-state index in [9.17, 15) is 4.79 Å². The van der Waals surface area contributed by atoms with Gasteiger partial charge in [0.25, 0.3) is 5.91 Å². The largest absolute Gasteiger partial charge is 0.348 e. The number of nitrogens with zero attached hydrogens (tertiary/aromatic N) is 3. The SMILES string of the molecule is Cn1cc(CNC(=O)c2ccncc2)cn1. The van der Waals surface area contributed by atoms with Crippen LogP contribution in [-0.4, -0.2) is 20.7 Å². The van der Waals surface area contributed by atoms with Crippen LogP contribution in [0.25, 0.3) is 0 Å². The van der Waals surface area contributed by atoms with E-state index in [4.69, 9.17) is 0 Å². The maximum absolute atomic E-state index is 11.7. The molecule has 2 heterocycles. The number of hydrogen-bond acceptors (Lipinski definition) is 3. The summed E-state index contributed by atoms with van der Waals surface area (Å²) in [6.07, 6.45) is 6.79. The van der Waals surface area contributed by atoms with Crippen molar-refractivity contribution in [3.05, 3.63) is 48.0 Å². The molecule has 0 saturated carbocycles. The molecular formula is C11H12N4O. The van der Waals surface area contributed by atoms with E-state index in [1.165, 1.54) is 0 Å². The fourth-order valence-electron chi connectivity index (χ4n) is 1.35. The summed E-state index contributed by atoms with van der Waals surface area (Å²) < 4.78 is 1.70. The number of aromatic nitrogens is 3. The maximum Gasteiger partial charge on any atom is 0.251 e. The minimum absolute atomic E-state index is 0.105. The average Bonchev–Trinajstić information content (AvgIpc) is 2.73. The molecule has 0 spiro atoms. The molecule has 0 radical (unpaired) electrons. The summed E-state index contributed by atoms with van der Waals surface area (Å²) in [5.41, 5.74) is 1.59. The Kier molecular flexibility index (Phi) is 2.95. The van der Waals surface area contributed by atoms with Gasteiger partial charge in [-0.25, -0.2) is 0 Å². The van der Waals surface area contributed by atoms with E-state index in [1.54, 1.807) is 35.4 Å². The van der Waals surface area contributed by atoms with E-state index < -0.39 is 0 Å². The Morgan fingerprint density at radius 1 is 1.44 bits per heavy atom. The molecular weight excluding hydrogens is 204 g/mol. The number of aryl methyl sites for hydroxylation is 1. The highest BCUT2D eigenvalue weighted by Gasteiger charge is 2.04. The Labute approximate surface area is 93.1 Å². The second-order valence-electron chi connectivity index (χ2n) is 3.44. The third-order valence-electron chi connectivity index (χ3n) is 2.15. The van der Waals surface area contributed by atoms with E-state index in [2.05, 4.69) is 15.4 Å². The third-order valence-corrected chi connectivity index (χ3v) is 2.15. The maximum atomic E-state index is 11.7. The van der Waals surface area contributed by atoms with Gasteiger partial charge >= 0.3 is 0 Å². The first-order valence-corrected chi connectivity index (χ1v) is 4.91. The Morgan fingerprint density at radius 2 is 2.19 bits per heavy atom. The molecule has 1 amide bonds. The molecule has 2 rings (SSSR count). The molecule has 5 heteroatoms. The zero-order chi connectivity index (χ0) is 11.4. The van der Waals surface area contributed by atoms with Crippen LogP contribution in [0.3, 0.4) is 0 Å². The average molecular weight is 216 g/mol. The van der Waals surface area contributed by atoms with E-state index in [0.29, 0.717) is 12.1 Å². The summed E-state index contributed by atoms with van der Waals surface area (Å²) in [7, 11) is 1.84. The van der Waals surface area contributed by atoms with Gasteiger partial charge in [-0.2, -0.15) is 5.10 Å². The molecule has 0 aromatic carbocycles. The lowest BCUT2D eigenvalue weighted by Crippen LogP contribution is -2.22. The van der Waals surface area contributed by atoms with Crippen molar-refractivity contribution in [3.8, 4) is 0 Å². The second kappa shape index (κ2) is 4.57. The van der Waals surface area contributed by atoms with Crippen molar-refractivity contribution in [2.24, 2.45) is 7.05 Å². The van der Waals surface area contributed by atoms with Crippen molar-refractivity contribution < 1.29 is 4.79 Å². The minimum Gasteiger partial charge on any atom is -0.348 e. The van der Waals surface area contributed by atoms with Crippen LogP contribution in [-0.2, 0) is 13.6 Å². The van der Waals surface area contributed by atoms with Crippen molar-refractivity contribution >= 4 is 5.91 Å². The Hall–Kier alpha value is -2.17. The lowest BCUT2D eigenvalue weighted by molar-refractivity contribution is 0.0951. The molecule has 0 bridgehead atoms. The van der Waals surface area contributed by atoms with E-state index >= 15 is 0 Å². The number of amides is 1. The zero-order valence-electron chi connectivity index (χ0n) is 8.92. The molecule has 0 aliphatic rings. The van der Waals surface area contributed by atoms with E-state index in [-0.39, 0.29) is 5.91 Å². The summed E-state index contributed by atoms with van der Waals surface area (Å²) in [6.45, 7) is 0.481. The van der Waals surface area contributed by atoms with Crippen LogP contribution in [0.2, 0.25) is 0 Å². The normalized spacial score (nSPS) is 10.1. The van der Waals surface area contributed by atoms with Gasteiger partial charge in [-0.15, -0.1) is 0 Å². The van der Waals surface area contributed by atoms with Crippen molar-refractivity contribution in [1.29, 1.82) is 0 Å². The van der Waals surface area contributed by atoms with E-state index in [0.717, 1.165) is 5.56 Å². The molecule has 1 N–H and O–H groups in total. The predicted molar refractivity (Wildman–Crippen MR) is 58.6 cm³/mol. The number of pyridine rings is 1. The van der Waals surface area contributed by atoms with Gasteiger partial charge in [0, 0.05) is 43.3 Å². The van der Waals surface area contributed by atoms with Crippen LogP contribution in [0, 0.1) is 0 Å². The Morgan fingerprint density at radius 3 is 2.81 bits per heavy atom. The van der Waals surface area contributed by atoms with Gasteiger partial charge in [0.05, 0.1) is 6.20 Å². The molecule has 16 heavy (non-hydrogen) atoms. The quantitative estimate of drug-likeness (QED) is 0.823. The van der Waals surface area contributed by atoms with Crippen molar-refractivity contribution in [2.45, 2.75) is 6.54 Å². The van der Waals surface area contributed by atoms with Crippen LogP contribution in [0.4, 0.5) is 0 Å². The van der Waals surface area contributed by atoms with Crippen LogP contribution < -0.4 is 5.32 Å². The Bertz CT molecular complexity index is 478. The van der Waals surface area contributed by atoms with Gasteiger partial charge < -0.3 is 5.32 Å². The van der Waals surface area contributed by atoms with Gasteiger partial charge in [0.1, 0.15) is 0 Å². The van der Waals surface area contributed by atoms with E-state index in [1.807, 2.05) is 13.2 Å². The van der Waals surface area contributed by atoms with Crippen molar-refractivity contribution in [2.75, 3.05) is 0 Å². The number of carbonyl (C=O) groups excluding carboxylic acids is 1. The molecule has 82 valence electrons. The van der Waals surface area contributed by atoms with Crippen LogP contribution in [0.15, 0.2) is 36.9 Å². The first-order chi connectivity index (χ1) is 7.75. The van der Waals surface area contributed by atoms with Crippen LogP contribution in [0.1, 0.15) is 15.9 Å². The molecule has 0 saturated heterocycles. The molecule has 2 aromatic rings. The first-order valence-electron chi connectivity index (χ1n) is 4.91. The van der Waals surface area contributed by atoms with Gasteiger partial charge in [-0.3, -0.25) is 14.5 Å². The second-order valence-corrected chi connectivity index (χ2v) is 3.44. The monoisotopic (exact) mass is 216 g/mol. The lowest BCUT2D eigenvalue weighted by Gasteiger charge is -2.02. The standard InChI is InChI=1S/C11H12N4O/c1-15-8-9(7-14-15)6-13-11(16)10-2-4-12-5-3-10/h2-5,7-8H,6H2,1H3,(H,13,16). The van der Waals surface area contributed by atoms with Crippen molar-refractivity contribution in [1.82, 2.24) is 20.1 Å². The third kappa shape index (κ3) is 2.44. The van der Waals surface area contributed by atoms with Gasteiger partial charge in [0.15, 0.2) is 0 Å². The molecule has 0 atom stereocenters. The predicted octanol–water partition coefficient (Wildman–Crippen LogP) is 0.745.